The Hall–Kier alpha value is -2.99. The van der Waals surface area contributed by atoms with Crippen molar-refractivity contribution in [3.05, 3.63) is 71.3 Å². The Morgan fingerprint density at radius 1 is 1.17 bits per heavy atom. The Morgan fingerprint density at radius 3 is 2.66 bits per heavy atom. The van der Waals surface area contributed by atoms with Crippen LogP contribution in [0.2, 0.25) is 0 Å². The first kappa shape index (κ1) is 25.1. The zero-order valence-electron chi connectivity index (χ0n) is 18.8. The first-order chi connectivity index (χ1) is 16.7. The maximum absolute atomic E-state index is 12.9. The summed E-state index contributed by atoms with van der Waals surface area (Å²) < 4.78 is 40.8. The van der Waals surface area contributed by atoms with Crippen LogP contribution in [0.5, 0.6) is 5.75 Å². The van der Waals surface area contributed by atoms with Gasteiger partial charge in [0.15, 0.2) is 0 Å². The van der Waals surface area contributed by atoms with E-state index in [0.29, 0.717) is 22.8 Å². The SMILES string of the molecule is CCCOc1cccc(-c2nn(-c3ccccc3)cc2/C=C2\SC(=S)N(CCS(=O)(=O)[O-])C2=O)c1. The van der Waals surface area contributed by atoms with E-state index in [9.17, 15) is 17.8 Å². The number of hydrogen-bond acceptors (Lipinski definition) is 8. The fourth-order valence-corrected chi connectivity index (χ4v) is 5.13. The summed E-state index contributed by atoms with van der Waals surface area (Å²) in [4.78, 5) is 14.4. The predicted molar refractivity (Wildman–Crippen MR) is 139 cm³/mol. The van der Waals surface area contributed by atoms with E-state index in [-0.39, 0.29) is 10.9 Å². The van der Waals surface area contributed by atoms with Gasteiger partial charge in [0.05, 0.1) is 33.1 Å². The number of nitrogens with zero attached hydrogens (tertiary/aromatic N) is 3. The Morgan fingerprint density at radius 2 is 1.94 bits per heavy atom. The third kappa shape index (κ3) is 6.17. The second kappa shape index (κ2) is 10.7. The molecule has 0 N–H and O–H groups in total. The van der Waals surface area contributed by atoms with Crippen LogP contribution in [0.1, 0.15) is 18.9 Å². The minimum absolute atomic E-state index is 0.205. The molecule has 8 nitrogen and oxygen atoms in total. The summed E-state index contributed by atoms with van der Waals surface area (Å²) in [5, 5.41) is 4.77. The van der Waals surface area contributed by atoms with Gasteiger partial charge in [-0.3, -0.25) is 9.69 Å². The summed E-state index contributed by atoms with van der Waals surface area (Å²) in [6, 6.07) is 17.1. The zero-order valence-corrected chi connectivity index (χ0v) is 21.2. The Kier molecular flexibility index (Phi) is 7.70. The van der Waals surface area contributed by atoms with E-state index in [4.69, 9.17) is 22.1 Å². The van der Waals surface area contributed by atoms with Crippen LogP contribution < -0.4 is 4.74 Å². The summed E-state index contributed by atoms with van der Waals surface area (Å²) in [5.74, 6) is -0.425. The van der Waals surface area contributed by atoms with Crippen LogP contribution in [0.25, 0.3) is 23.0 Å². The largest absolute Gasteiger partial charge is 0.748 e. The van der Waals surface area contributed by atoms with Crippen molar-refractivity contribution in [2.75, 3.05) is 18.9 Å². The van der Waals surface area contributed by atoms with Gasteiger partial charge in [-0.15, -0.1) is 0 Å². The van der Waals surface area contributed by atoms with Crippen LogP contribution in [0.15, 0.2) is 65.7 Å². The topological polar surface area (TPSA) is 105 Å². The molecule has 1 fully saturated rings. The lowest BCUT2D eigenvalue weighted by atomic mass is 10.1. The van der Waals surface area contributed by atoms with E-state index in [1.807, 2.05) is 67.7 Å². The molecule has 2 heterocycles. The highest BCUT2D eigenvalue weighted by atomic mass is 32.2. The van der Waals surface area contributed by atoms with Gasteiger partial charge >= 0.3 is 0 Å². The average molecular weight is 529 g/mol. The quantitative estimate of drug-likeness (QED) is 0.233. The van der Waals surface area contributed by atoms with Crippen LogP contribution in [-0.4, -0.2) is 56.8 Å². The number of carbonyl (C=O) groups is 1. The van der Waals surface area contributed by atoms with Crippen molar-refractivity contribution in [3.8, 4) is 22.7 Å². The van der Waals surface area contributed by atoms with Crippen molar-refractivity contribution >= 4 is 50.4 Å². The van der Waals surface area contributed by atoms with E-state index < -0.39 is 21.8 Å². The minimum atomic E-state index is -4.47. The van der Waals surface area contributed by atoms with Gasteiger partial charge < -0.3 is 9.29 Å². The molecule has 11 heteroatoms. The van der Waals surface area contributed by atoms with Gasteiger partial charge in [-0.05, 0) is 36.8 Å². The molecule has 1 saturated heterocycles. The van der Waals surface area contributed by atoms with Gasteiger partial charge in [0.25, 0.3) is 5.91 Å². The first-order valence-corrected chi connectivity index (χ1v) is 13.6. The number of benzene rings is 2. The van der Waals surface area contributed by atoms with Crippen molar-refractivity contribution in [1.82, 2.24) is 14.7 Å². The molecule has 1 aliphatic rings. The smallest absolute Gasteiger partial charge is 0.266 e. The second-order valence-corrected chi connectivity index (χ2v) is 10.9. The Bertz CT molecular complexity index is 1380. The summed E-state index contributed by atoms with van der Waals surface area (Å²) in [7, 11) is -4.47. The van der Waals surface area contributed by atoms with Crippen molar-refractivity contribution in [2.45, 2.75) is 13.3 Å². The lowest BCUT2D eigenvalue weighted by Gasteiger charge is -2.15. The summed E-state index contributed by atoms with van der Waals surface area (Å²) in [5.41, 5.74) is 2.98. The maximum atomic E-state index is 12.9. The number of amides is 1. The number of thiocarbonyl (C=S) groups is 1. The van der Waals surface area contributed by atoms with Gasteiger partial charge in [0.2, 0.25) is 0 Å². The monoisotopic (exact) mass is 528 g/mol. The third-order valence-electron chi connectivity index (χ3n) is 5.07. The average Bonchev–Trinajstić information content (AvgIpc) is 3.37. The number of aromatic nitrogens is 2. The molecular formula is C24H22N3O5S3-. The van der Waals surface area contributed by atoms with Crippen LogP contribution >= 0.6 is 24.0 Å². The zero-order chi connectivity index (χ0) is 25.0. The summed E-state index contributed by atoms with van der Waals surface area (Å²) >= 11 is 6.32. The number of para-hydroxylation sites is 1. The molecular weight excluding hydrogens is 506 g/mol. The van der Waals surface area contributed by atoms with Gasteiger partial charge in [0, 0.05) is 23.9 Å². The number of rotatable bonds is 9. The van der Waals surface area contributed by atoms with Crippen LogP contribution in [0.3, 0.4) is 0 Å². The van der Waals surface area contributed by atoms with Crippen molar-refractivity contribution in [3.63, 3.8) is 0 Å². The number of thioether (sulfide) groups is 1. The highest BCUT2D eigenvalue weighted by Gasteiger charge is 2.32. The lowest BCUT2D eigenvalue weighted by Crippen LogP contribution is -2.32. The molecule has 1 aliphatic heterocycles. The molecule has 1 amide bonds. The van der Waals surface area contributed by atoms with Crippen molar-refractivity contribution in [2.24, 2.45) is 0 Å². The van der Waals surface area contributed by atoms with Crippen LogP contribution in [0, 0.1) is 0 Å². The maximum Gasteiger partial charge on any atom is 0.266 e. The molecule has 4 rings (SSSR count). The third-order valence-corrected chi connectivity index (χ3v) is 7.13. The van der Waals surface area contributed by atoms with Gasteiger partial charge in [-0.2, -0.15) is 5.10 Å². The molecule has 35 heavy (non-hydrogen) atoms. The molecule has 0 spiro atoms. The molecule has 182 valence electrons. The van der Waals surface area contributed by atoms with Crippen molar-refractivity contribution < 1.29 is 22.5 Å². The van der Waals surface area contributed by atoms with Crippen LogP contribution in [0.4, 0.5) is 0 Å². The summed E-state index contributed by atoms with van der Waals surface area (Å²) in [6.07, 6.45) is 4.39. The standard InChI is InChI=1S/C24H23N3O5S3/c1-2-12-32-20-10-6-7-17(14-20)22-18(16-27(25-22)19-8-4-3-5-9-19)15-21-23(28)26(24(33)34-21)11-13-35(29,30)31/h3-10,14-16H,2,11-13H2,1H3,(H,29,30,31)/p-1/b21-15-. The molecule has 0 saturated carbocycles. The summed E-state index contributed by atoms with van der Waals surface area (Å²) in [6.45, 7) is 2.35. The van der Waals surface area contributed by atoms with Gasteiger partial charge in [0.1, 0.15) is 15.8 Å². The fraction of sp³-hybridized carbons (Fsp3) is 0.208. The molecule has 1 aromatic heterocycles. The van der Waals surface area contributed by atoms with E-state index in [1.165, 1.54) is 0 Å². The molecule has 0 bridgehead atoms. The predicted octanol–water partition coefficient (Wildman–Crippen LogP) is 4.07. The second-order valence-electron chi connectivity index (χ2n) is 7.68. The minimum Gasteiger partial charge on any atom is -0.748 e. The molecule has 0 unspecified atom stereocenters. The molecule has 2 aromatic carbocycles. The van der Waals surface area contributed by atoms with E-state index in [1.54, 1.807) is 10.8 Å². The molecule has 0 radical (unpaired) electrons. The molecule has 0 atom stereocenters. The van der Waals surface area contributed by atoms with E-state index in [0.717, 1.165) is 40.1 Å². The van der Waals surface area contributed by atoms with Gasteiger partial charge in [-0.1, -0.05) is 61.2 Å². The highest BCUT2D eigenvalue weighted by molar-refractivity contribution is 8.26. The Labute approximate surface area is 213 Å². The first-order valence-electron chi connectivity index (χ1n) is 10.8. The highest BCUT2D eigenvalue weighted by Crippen LogP contribution is 2.35. The molecule has 0 aliphatic carbocycles. The number of carbonyl (C=O) groups excluding carboxylic acids is 1. The normalized spacial score (nSPS) is 15.3. The number of hydrogen-bond donors (Lipinski definition) is 0. The number of ether oxygens (including phenoxy) is 1. The van der Waals surface area contributed by atoms with Crippen molar-refractivity contribution in [1.29, 1.82) is 0 Å². The fourth-order valence-electron chi connectivity index (χ4n) is 3.42. The van der Waals surface area contributed by atoms with E-state index in [2.05, 4.69) is 0 Å². The lowest BCUT2D eigenvalue weighted by molar-refractivity contribution is -0.121. The van der Waals surface area contributed by atoms with E-state index >= 15 is 0 Å². The Balaban J connectivity index is 1.73. The molecule has 3 aromatic rings. The van der Waals surface area contributed by atoms with Crippen LogP contribution in [-0.2, 0) is 14.9 Å². The van der Waals surface area contributed by atoms with Gasteiger partial charge in [-0.25, -0.2) is 13.1 Å².